The summed E-state index contributed by atoms with van der Waals surface area (Å²) in [6, 6.07) is 0.549. The van der Waals surface area contributed by atoms with Crippen LogP contribution in [0.15, 0.2) is 0 Å². The van der Waals surface area contributed by atoms with E-state index in [1.165, 1.54) is 0 Å². The molecule has 0 radical (unpaired) electrons. The average molecular weight is 259 g/mol. The number of likely N-dealkylation sites (tertiary alicyclic amines) is 1. The second kappa shape index (κ2) is 5.14. The van der Waals surface area contributed by atoms with Crippen LogP contribution < -0.4 is 0 Å². The summed E-state index contributed by atoms with van der Waals surface area (Å²) in [4.78, 5) is 14.4. The van der Waals surface area contributed by atoms with E-state index >= 15 is 0 Å². The Labute approximate surface area is 108 Å². The van der Waals surface area contributed by atoms with Crippen LogP contribution in [-0.2, 0) is 4.79 Å². The fourth-order valence-corrected chi connectivity index (χ4v) is 3.49. The van der Waals surface area contributed by atoms with Crippen molar-refractivity contribution in [3.8, 4) is 0 Å². The average Bonchev–Trinajstić information content (AvgIpc) is 2.90. The van der Waals surface area contributed by atoms with Crippen molar-refractivity contribution >= 4 is 5.91 Å². The van der Waals surface area contributed by atoms with Gasteiger partial charge in [-0.1, -0.05) is 13.8 Å². The Hall–Kier alpha value is -0.670. The highest BCUT2D eigenvalue weighted by Crippen LogP contribution is 2.41. The third-order valence-electron chi connectivity index (χ3n) is 4.57. The number of rotatable bonds is 3. The first-order valence-electron chi connectivity index (χ1n) is 7.18. The molecule has 1 aliphatic heterocycles. The lowest BCUT2D eigenvalue weighted by atomic mass is 10.0. The second-order valence-corrected chi connectivity index (χ2v) is 5.74. The molecule has 1 saturated heterocycles. The van der Waals surface area contributed by atoms with Crippen molar-refractivity contribution in [2.75, 3.05) is 0 Å². The molecule has 104 valence electrons. The Morgan fingerprint density at radius 3 is 2.11 bits per heavy atom. The van der Waals surface area contributed by atoms with Gasteiger partial charge in [-0.3, -0.25) is 4.79 Å². The van der Waals surface area contributed by atoms with Gasteiger partial charge in [-0.2, -0.15) is 0 Å². The van der Waals surface area contributed by atoms with Crippen LogP contribution in [-0.4, -0.2) is 28.8 Å². The molecule has 3 unspecified atom stereocenters. The molecule has 2 nitrogen and oxygen atoms in total. The van der Waals surface area contributed by atoms with Crippen LogP contribution in [0.3, 0.4) is 0 Å². The molecule has 0 N–H and O–H groups in total. The number of carbonyl (C=O) groups is 1. The summed E-state index contributed by atoms with van der Waals surface area (Å²) in [5, 5.41) is 0. The van der Waals surface area contributed by atoms with Crippen molar-refractivity contribution in [2.24, 2.45) is 5.92 Å². The molecule has 0 spiro atoms. The third kappa shape index (κ3) is 2.52. The summed E-state index contributed by atoms with van der Waals surface area (Å²) < 4.78 is 26.5. The van der Waals surface area contributed by atoms with E-state index in [-0.39, 0.29) is 30.8 Å². The quantitative estimate of drug-likeness (QED) is 0.758. The molecule has 0 bridgehead atoms. The van der Waals surface area contributed by atoms with E-state index in [0.29, 0.717) is 6.42 Å². The number of carbonyl (C=O) groups excluding carboxylic acids is 1. The highest BCUT2D eigenvalue weighted by molar-refractivity contribution is 5.80. The Morgan fingerprint density at radius 1 is 1.17 bits per heavy atom. The molecule has 18 heavy (non-hydrogen) atoms. The van der Waals surface area contributed by atoms with Crippen LogP contribution in [0.4, 0.5) is 8.78 Å². The molecule has 2 fully saturated rings. The topological polar surface area (TPSA) is 20.3 Å². The standard InChI is InChI=1S/C14H23F2NO/c1-3-11-5-6-12(4-2)17(11)13(18)10-7-8-14(15,16)9-10/h10-12H,3-9H2,1-2H3. The van der Waals surface area contributed by atoms with E-state index in [0.717, 1.165) is 25.7 Å². The fraction of sp³-hybridized carbons (Fsp3) is 0.929. The van der Waals surface area contributed by atoms with Crippen molar-refractivity contribution < 1.29 is 13.6 Å². The Bertz CT molecular complexity index is 307. The zero-order valence-electron chi connectivity index (χ0n) is 11.3. The normalized spacial score (nSPS) is 35.1. The van der Waals surface area contributed by atoms with Gasteiger partial charge in [0.15, 0.2) is 0 Å². The van der Waals surface area contributed by atoms with Crippen LogP contribution in [0.2, 0.25) is 0 Å². The van der Waals surface area contributed by atoms with Crippen LogP contribution >= 0.6 is 0 Å². The smallest absolute Gasteiger partial charge is 0.248 e. The van der Waals surface area contributed by atoms with Gasteiger partial charge in [0, 0.05) is 30.8 Å². The fourth-order valence-electron chi connectivity index (χ4n) is 3.49. The van der Waals surface area contributed by atoms with Gasteiger partial charge < -0.3 is 4.90 Å². The lowest BCUT2D eigenvalue weighted by molar-refractivity contribution is -0.139. The molecule has 2 rings (SSSR count). The minimum atomic E-state index is -2.62. The summed E-state index contributed by atoms with van der Waals surface area (Å²) in [7, 11) is 0. The maximum Gasteiger partial charge on any atom is 0.248 e. The number of hydrogen-bond donors (Lipinski definition) is 0. The van der Waals surface area contributed by atoms with E-state index in [1.807, 2.05) is 4.90 Å². The van der Waals surface area contributed by atoms with Crippen molar-refractivity contribution in [1.29, 1.82) is 0 Å². The van der Waals surface area contributed by atoms with Crippen LogP contribution in [0.1, 0.15) is 58.8 Å². The maximum absolute atomic E-state index is 13.2. The Kier molecular flexibility index (Phi) is 3.93. The lowest BCUT2D eigenvalue weighted by Crippen LogP contribution is -2.43. The zero-order valence-corrected chi connectivity index (χ0v) is 11.3. The van der Waals surface area contributed by atoms with Gasteiger partial charge in [-0.15, -0.1) is 0 Å². The molecule has 4 heteroatoms. The first kappa shape index (κ1) is 13.8. The zero-order chi connectivity index (χ0) is 13.3. The van der Waals surface area contributed by atoms with E-state index in [1.54, 1.807) is 0 Å². The van der Waals surface area contributed by atoms with Gasteiger partial charge in [0.05, 0.1) is 0 Å². The van der Waals surface area contributed by atoms with Gasteiger partial charge in [0.2, 0.25) is 11.8 Å². The number of nitrogens with zero attached hydrogens (tertiary/aromatic N) is 1. The summed E-state index contributed by atoms with van der Waals surface area (Å²) in [5.74, 6) is -3.08. The predicted octanol–water partition coefficient (Wildman–Crippen LogP) is 3.60. The van der Waals surface area contributed by atoms with Gasteiger partial charge >= 0.3 is 0 Å². The monoisotopic (exact) mass is 259 g/mol. The minimum Gasteiger partial charge on any atom is -0.337 e. The Balaban J connectivity index is 2.07. The van der Waals surface area contributed by atoms with Crippen molar-refractivity contribution in [3.63, 3.8) is 0 Å². The van der Waals surface area contributed by atoms with Crippen molar-refractivity contribution in [3.05, 3.63) is 0 Å². The predicted molar refractivity (Wildman–Crippen MR) is 66.5 cm³/mol. The first-order chi connectivity index (χ1) is 8.48. The van der Waals surface area contributed by atoms with Crippen LogP contribution in [0.5, 0.6) is 0 Å². The third-order valence-corrected chi connectivity index (χ3v) is 4.57. The van der Waals surface area contributed by atoms with Gasteiger partial charge in [-0.05, 0) is 32.1 Å². The molecular formula is C14H23F2NO. The van der Waals surface area contributed by atoms with Gasteiger partial charge in [-0.25, -0.2) is 8.78 Å². The van der Waals surface area contributed by atoms with Crippen molar-refractivity contribution in [2.45, 2.75) is 76.8 Å². The summed E-state index contributed by atoms with van der Waals surface area (Å²) in [5.41, 5.74) is 0. The highest BCUT2D eigenvalue weighted by atomic mass is 19.3. The van der Waals surface area contributed by atoms with Crippen LogP contribution in [0.25, 0.3) is 0 Å². The Morgan fingerprint density at radius 2 is 1.72 bits per heavy atom. The molecule has 2 aliphatic rings. The molecule has 1 aliphatic carbocycles. The molecule has 0 aromatic carbocycles. The molecule has 1 heterocycles. The summed E-state index contributed by atoms with van der Waals surface area (Å²) >= 11 is 0. The number of alkyl halides is 2. The second-order valence-electron chi connectivity index (χ2n) is 5.74. The summed E-state index contributed by atoms with van der Waals surface area (Å²) in [6.07, 6.45) is 3.93. The van der Waals surface area contributed by atoms with E-state index in [4.69, 9.17) is 0 Å². The first-order valence-corrected chi connectivity index (χ1v) is 7.18. The van der Waals surface area contributed by atoms with E-state index in [2.05, 4.69) is 13.8 Å². The van der Waals surface area contributed by atoms with Gasteiger partial charge in [0.1, 0.15) is 0 Å². The molecule has 0 aromatic rings. The number of hydrogen-bond acceptors (Lipinski definition) is 1. The minimum absolute atomic E-state index is 0.0108. The molecule has 3 atom stereocenters. The molecule has 0 aromatic heterocycles. The maximum atomic E-state index is 13.2. The summed E-state index contributed by atoms with van der Waals surface area (Å²) in [6.45, 7) is 4.15. The number of halogens is 2. The largest absolute Gasteiger partial charge is 0.337 e. The number of amides is 1. The van der Waals surface area contributed by atoms with Crippen molar-refractivity contribution in [1.82, 2.24) is 4.90 Å². The molecule has 1 saturated carbocycles. The lowest BCUT2D eigenvalue weighted by Gasteiger charge is -2.32. The molecule has 1 amide bonds. The SMILES string of the molecule is CCC1CCC(CC)N1C(=O)C1CCC(F)(F)C1. The van der Waals surface area contributed by atoms with E-state index < -0.39 is 11.8 Å². The van der Waals surface area contributed by atoms with Gasteiger partial charge in [0.25, 0.3) is 0 Å². The molecular weight excluding hydrogens is 236 g/mol. The highest BCUT2D eigenvalue weighted by Gasteiger charge is 2.46. The van der Waals surface area contributed by atoms with Crippen LogP contribution in [0, 0.1) is 5.92 Å². The van der Waals surface area contributed by atoms with E-state index in [9.17, 15) is 13.6 Å².